The number of benzene rings is 2. The van der Waals surface area contributed by atoms with Crippen molar-refractivity contribution in [2.45, 2.75) is 26.3 Å². The largest absolute Gasteiger partial charge is 0.494 e. The Morgan fingerprint density at radius 1 is 1.16 bits per heavy atom. The van der Waals surface area contributed by atoms with E-state index in [0.717, 1.165) is 5.56 Å². The topological polar surface area (TPSA) is 81.9 Å². The average molecular weight is 437 g/mol. The quantitative estimate of drug-likeness (QED) is 0.450. The van der Waals surface area contributed by atoms with E-state index < -0.39 is 13.0 Å². The highest BCUT2D eigenvalue weighted by Crippen LogP contribution is 2.37. The monoisotopic (exact) mass is 437 g/mol. The lowest BCUT2D eigenvalue weighted by Crippen LogP contribution is -2.10. The van der Waals surface area contributed by atoms with Crippen molar-refractivity contribution in [3.63, 3.8) is 0 Å². The summed E-state index contributed by atoms with van der Waals surface area (Å²) < 4.78 is 32.8. The fraction of sp³-hybridized carbons (Fsp3) is 0.217. The molecule has 0 radical (unpaired) electrons. The second-order valence-corrected chi connectivity index (χ2v) is 7.06. The average Bonchev–Trinajstić information content (AvgIpc) is 3.21. The highest BCUT2D eigenvalue weighted by atomic mass is 19.3. The van der Waals surface area contributed by atoms with Gasteiger partial charge >= 0.3 is 0 Å². The van der Waals surface area contributed by atoms with E-state index in [1.807, 2.05) is 30.3 Å². The first-order chi connectivity index (χ1) is 15.5. The lowest BCUT2D eigenvalue weighted by atomic mass is 10.0. The van der Waals surface area contributed by atoms with Crippen LogP contribution in [0.1, 0.15) is 13.3 Å². The van der Waals surface area contributed by atoms with Crippen molar-refractivity contribution >= 4 is 22.5 Å². The Kier molecular flexibility index (Phi) is 6.07. The van der Waals surface area contributed by atoms with Crippen molar-refractivity contribution in [1.29, 1.82) is 0 Å². The molecule has 2 heterocycles. The third-order valence-corrected chi connectivity index (χ3v) is 4.94. The van der Waals surface area contributed by atoms with Gasteiger partial charge in [0.15, 0.2) is 0 Å². The summed E-state index contributed by atoms with van der Waals surface area (Å²) in [6.07, 6.45) is 0.720. The minimum absolute atomic E-state index is 0.171. The minimum Gasteiger partial charge on any atom is -0.494 e. The number of ether oxygens (including phenoxy) is 1. The number of aromatic nitrogens is 4. The number of amides is 1. The van der Waals surface area contributed by atoms with E-state index in [-0.39, 0.29) is 5.91 Å². The van der Waals surface area contributed by atoms with Crippen LogP contribution in [0.2, 0.25) is 0 Å². The van der Waals surface area contributed by atoms with Gasteiger partial charge in [0.2, 0.25) is 5.91 Å². The van der Waals surface area contributed by atoms with Gasteiger partial charge in [-0.15, -0.1) is 0 Å². The molecule has 0 aliphatic carbocycles. The van der Waals surface area contributed by atoms with E-state index in [4.69, 9.17) is 4.74 Å². The Morgan fingerprint density at radius 2 is 1.94 bits per heavy atom. The molecule has 164 valence electrons. The van der Waals surface area contributed by atoms with Crippen LogP contribution in [0.15, 0.2) is 55.0 Å². The predicted molar refractivity (Wildman–Crippen MR) is 118 cm³/mol. The van der Waals surface area contributed by atoms with Crippen LogP contribution in [0.5, 0.6) is 5.75 Å². The Hall–Kier alpha value is -3.88. The summed E-state index contributed by atoms with van der Waals surface area (Å²) >= 11 is 0. The SMILES string of the molecule is CCC(=O)Nc1cc2c(-c3cn(CC(F)F)nc3-c3ccccc3)ncnc2cc1OC. The number of methoxy groups -OCH3 is 1. The molecule has 0 fully saturated rings. The molecule has 4 aromatic rings. The Bertz CT molecular complexity index is 1260. The maximum Gasteiger partial charge on any atom is 0.257 e. The van der Waals surface area contributed by atoms with E-state index >= 15 is 0 Å². The number of rotatable bonds is 7. The van der Waals surface area contributed by atoms with Crippen LogP contribution >= 0.6 is 0 Å². The van der Waals surface area contributed by atoms with Gasteiger partial charge in [-0.3, -0.25) is 9.48 Å². The number of carbonyl (C=O) groups is 1. The molecule has 0 atom stereocenters. The number of nitrogens with one attached hydrogen (secondary N) is 1. The zero-order chi connectivity index (χ0) is 22.7. The van der Waals surface area contributed by atoms with E-state index in [9.17, 15) is 13.6 Å². The van der Waals surface area contributed by atoms with Gasteiger partial charge in [0.25, 0.3) is 6.43 Å². The zero-order valence-electron chi connectivity index (χ0n) is 17.5. The highest BCUT2D eigenvalue weighted by molar-refractivity contribution is 6.01. The summed E-state index contributed by atoms with van der Waals surface area (Å²) in [5.41, 5.74) is 3.47. The molecular formula is C23H21F2N5O2. The Labute approximate surface area is 183 Å². The Morgan fingerprint density at radius 3 is 2.62 bits per heavy atom. The van der Waals surface area contributed by atoms with Gasteiger partial charge in [0.05, 0.1) is 24.0 Å². The first kappa shape index (κ1) is 21.4. The molecule has 0 bridgehead atoms. The van der Waals surface area contributed by atoms with E-state index in [2.05, 4.69) is 20.4 Å². The number of fused-ring (bicyclic) bond motifs is 1. The van der Waals surface area contributed by atoms with E-state index in [0.29, 0.717) is 45.7 Å². The third kappa shape index (κ3) is 4.27. The van der Waals surface area contributed by atoms with Crippen molar-refractivity contribution < 1.29 is 18.3 Å². The summed E-state index contributed by atoms with van der Waals surface area (Å²) in [6.45, 7) is 1.22. The van der Waals surface area contributed by atoms with Crippen molar-refractivity contribution in [2.75, 3.05) is 12.4 Å². The smallest absolute Gasteiger partial charge is 0.257 e. The molecule has 7 nitrogen and oxygen atoms in total. The van der Waals surface area contributed by atoms with Gasteiger partial charge < -0.3 is 10.1 Å². The van der Waals surface area contributed by atoms with Gasteiger partial charge in [-0.25, -0.2) is 18.7 Å². The number of halogens is 2. The van der Waals surface area contributed by atoms with E-state index in [1.165, 1.54) is 18.1 Å². The summed E-state index contributed by atoms with van der Waals surface area (Å²) in [7, 11) is 1.51. The van der Waals surface area contributed by atoms with Gasteiger partial charge in [-0.2, -0.15) is 5.10 Å². The number of hydrogen-bond acceptors (Lipinski definition) is 5. The molecule has 0 saturated carbocycles. The van der Waals surface area contributed by atoms with Gasteiger partial charge in [0, 0.05) is 35.2 Å². The molecule has 0 aliphatic heterocycles. The molecule has 0 saturated heterocycles. The molecule has 1 amide bonds. The summed E-state index contributed by atoms with van der Waals surface area (Å²) in [5.74, 6) is 0.288. The standard InChI is InChI=1S/C23H21F2N5O2/c1-3-21(31)28-18-9-15-17(10-19(18)32-2)26-13-27-23(15)16-11-30(12-20(24)25)29-22(16)14-7-5-4-6-8-14/h4-11,13,20H,3,12H2,1-2H3,(H,28,31). The highest BCUT2D eigenvalue weighted by Gasteiger charge is 2.20. The number of alkyl halides is 2. The Balaban J connectivity index is 1.93. The van der Waals surface area contributed by atoms with Gasteiger partial charge in [-0.05, 0) is 6.07 Å². The van der Waals surface area contributed by atoms with Crippen molar-refractivity contribution in [3.8, 4) is 28.3 Å². The second kappa shape index (κ2) is 9.09. The predicted octanol–water partition coefficient (Wildman–Crippen LogP) is 4.78. The maximum absolute atomic E-state index is 13.1. The molecule has 0 aliphatic rings. The lowest BCUT2D eigenvalue weighted by Gasteiger charge is -2.13. The zero-order valence-corrected chi connectivity index (χ0v) is 17.5. The first-order valence-corrected chi connectivity index (χ1v) is 10.0. The fourth-order valence-electron chi connectivity index (χ4n) is 3.44. The third-order valence-electron chi connectivity index (χ3n) is 4.94. The van der Waals surface area contributed by atoms with Crippen molar-refractivity contribution in [1.82, 2.24) is 19.7 Å². The van der Waals surface area contributed by atoms with Crippen LogP contribution in [0.4, 0.5) is 14.5 Å². The van der Waals surface area contributed by atoms with Crippen LogP contribution in [-0.2, 0) is 11.3 Å². The second-order valence-electron chi connectivity index (χ2n) is 7.06. The molecular weight excluding hydrogens is 416 g/mol. The molecule has 0 spiro atoms. The number of carbonyl (C=O) groups excluding carboxylic acids is 1. The number of hydrogen-bond donors (Lipinski definition) is 1. The van der Waals surface area contributed by atoms with Crippen molar-refractivity contribution in [3.05, 3.63) is 55.0 Å². The number of anilines is 1. The molecule has 9 heteroatoms. The minimum atomic E-state index is -2.55. The van der Waals surface area contributed by atoms with Crippen LogP contribution in [0, 0.1) is 0 Å². The molecule has 1 N–H and O–H groups in total. The lowest BCUT2D eigenvalue weighted by molar-refractivity contribution is -0.115. The number of nitrogens with zero attached hydrogens (tertiary/aromatic N) is 4. The normalized spacial score (nSPS) is 11.2. The summed E-state index contributed by atoms with van der Waals surface area (Å²) in [4.78, 5) is 20.8. The fourth-order valence-corrected chi connectivity index (χ4v) is 3.44. The molecule has 32 heavy (non-hydrogen) atoms. The van der Waals surface area contributed by atoms with Crippen LogP contribution < -0.4 is 10.1 Å². The van der Waals surface area contributed by atoms with Crippen molar-refractivity contribution in [2.24, 2.45) is 0 Å². The first-order valence-electron chi connectivity index (χ1n) is 10.0. The molecule has 2 aromatic carbocycles. The van der Waals surface area contributed by atoms with E-state index in [1.54, 1.807) is 25.3 Å². The molecule has 4 rings (SSSR count). The molecule has 2 aromatic heterocycles. The maximum atomic E-state index is 13.1. The van der Waals surface area contributed by atoms with Gasteiger partial charge in [0.1, 0.15) is 24.3 Å². The molecule has 0 unspecified atom stereocenters. The van der Waals surface area contributed by atoms with Crippen LogP contribution in [0.25, 0.3) is 33.4 Å². The summed E-state index contributed by atoms with van der Waals surface area (Å²) in [5, 5.41) is 7.86. The summed E-state index contributed by atoms with van der Waals surface area (Å²) in [6, 6.07) is 12.7. The van der Waals surface area contributed by atoms with Crippen LogP contribution in [-0.4, -0.2) is 39.2 Å². The van der Waals surface area contributed by atoms with Crippen LogP contribution in [0.3, 0.4) is 0 Å². The van der Waals surface area contributed by atoms with Gasteiger partial charge in [-0.1, -0.05) is 37.3 Å².